The molecule has 0 fully saturated rings. The SMILES string of the molecule is NCc1cc(COc2cccnc2)ccn1. The molecule has 0 amide bonds. The van der Waals surface area contributed by atoms with E-state index in [1.54, 1.807) is 18.6 Å². The summed E-state index contributed by atoms with van der Waals surface area (Å²) in [6.45, 7) is 0.946. The standard InChI is InChI=1S/C12H13N3O/c13-7-11-6-10(3-5-15-11)9-16-12-2-1-4-14-8-12/h1-6,8H,7,9,13H2. The van der Waals surface area contributed by atoms with Gasteiger partial charge < -0.3 is 10.5 Å². The van der Waals surface area contributed by atoms with Crippen LogP contribution in [0.2, 0.25) is 0 Å². The van der Waals surface area contributed by atoms with Crippen molar-refractivity contribution < 1.29 is 4.74 Å². The van der Waals surface area contributed by atoms with E-state index in [1.807, 2.05) is 24.3 Å². The number of rotatable bonds is 4. The third-order valence-electron chi connectivity index (χ3n) is 2.13. The van der Waals surface area contributed by atoms with Gasteiger partial charge in [0.2, 0.25) is 0 Å². The molecule has 2 aromatic heterocycles. The van der Waals surface area contributed by atoms with Gasteiger partial charge in [0.1, 0.15) is 12.4 Å². The van der Waals surface area contributed by atoms with E-state index in [2.05, 4.69) is 9.97 Å². The number of pyridine rings is 2. The van der Waals surface area contributed by atoms with Crippen LogP contribution >= 0.6 is 0 Å². The van der Waals surface area contributed by atoms with Crippen molar-refractivity contribution in [2.45, 2.75) is 13.2 Å². The Balaban J connectivity index is 1.99. The monoisotopic (exact) mass is 215 g/mol. The number of nitrogens with zero attached hydrogens (tertiary/aromatic N) is 2. The fourth-order valence-corrected chi connectivity index (χ4v) is 1.33. The number of hydrogen-bond donors (Lipinski definition) is 1. The Morgan fingerprint density at radius 3 is 2.94 bits per heavy atom. The average molecular weight is 215 g/mol. The third kappa shape index (κ3) is 2.77. The molecule has 82 valence electrons. The molecule has 2 N–H and O–H groups in total. The Kier molecular flexibility index (Phi) is 3.46. The average Bonchev–Trinajstić information content (AvgIpc) is 2.38. The van der Waals surface area contributed by atoms with Gasteiger partial charge in [-0.15, -0.1) is 0 Å². The first-order valence-corrected chi connectivity index (χ1v) is 5.05. The highest BCUT2D eigenvalue weighted by Gasteiger charge is 1.97. The van der Waals surface area contributed by atoms with E-state index in [0.29, 0.717) is 13.2 Å². The zero-order chi connectivity index (χ0) is 11.2. The molecule has 0 saturated heterocycles. The molecule has 0 bridgehead atoms. The first-order valence-electron chi connectivity index (χ1n) is 5.05. The minimum atomic E-state index is 0.445. The van der Waals surface area contributed by atoms with Gasteiger partial charge in [0, 0.05) is 18.9 Å². The molecule has 0 saturated carbocycles. The van der Waals surface area contributed by atoms with Crippen molar-refractivity contribution in [2.24, 2.45) is 5.73 Å². The number of aromatic nitrogens is 2. The lowest BCUT2D eigenvalue weighted by molar-refractivity contribution is 0.304. The van der Waals surface area contributed by atoms with Crippen molar-refractivity contribution in [1.29, 1.82) is 0 Å². The van der Waals surface area contributed by atoms with E-state index < -0.39 is 0 Å². The van der Waals surface area contributed by atoms with Crippen LogP contribution in [0.25, 0.3) is 0 Å². The van der Waals surface area contributed by atoms with Crippen LogP contribution in [0.3, 0.4) is 0 Å². The van der Waals surface area contributed by atoms with Crippen LogP contribution in [-0.2, 0) is 13.2 Å². The summed E-state index contributed by atoms with van der Waals surface area (Å²) in [6.07, 6.45) is 5.14. The Labute approximate surface area is 94.1 Å². The van der Waals surface area contributed by atoms with Gasteiger partial charge in [0.05, 0.1) is 11.9 Å². The molecular weight excluding hydrogens is 202 g/mol. The van der Waals surface area contributed by atoms with Crippen molar-refractivity contribution in [3.05, 3.63) is 54.1 Å². The molecule has 0 atom stereocenters. The van der Waals surface area contributed by atoms with Gasteiger partial charge >= 0.3 is 0 Å². The zero-order valence-corrected chi connectivity index (χ0v) is 8.84. The quantitative estimate of drug-likeness (QED) is 0.839. The van der Waals surface area contributed by atoms with E-state index >= 15 is 0 Å². The molecule has 2 rings (SSSR count). The molecule has 0 aliphatic heterocycles. The maximum Gasteiger partial charge on any atom is 0.138 e. The number of nitrogens with two attached hydrogens (primary N) is 1. The fraction of sp³-hybridized carbons (Fsp3) is 0.167. The lowest BCUT2D eigenvalue weighted by Gasteiger charge is -2.06. The Hall–Kier alpha value is -1.94. The second-order valence-electron chi connectivity index (χ2n) is 3.34. The Morgan fingerprint density at radius 2 is 2.19 bits per heavy atom. The third-order valence-corrected chi connectivity index (χ3v) is 2.13. The summed E-state index contributed by atoms with van der Waals surface area (Å²) in [6, 6.07) is 7.57. The summed E-state index contributed by atoms with van der Waals surface area (Å²) in [5.74, 6) is 0.758. The van der Waals surface area contributed by atoms with Gasteiger partial charge in [-0.25, -0.2) is 0 Å². The van der Waals surface area contributed by atoms with Gasteiger partial charge in [0.25, 0.3) is 0 Å². The summed E-state index contributed by atoms with van der Waals surface area (Å²) in [5, 5.41) is 0. The first-order chi connectivity index (χ1) is 7.88. The second kappa shape index (κ2) is 5.23. The molecule has 4 heteroatoms. The molecule has 2 heterocycles. The lowest BCUT2D eigenvalue weighted by atomic mass is 10.2. The van der Waals surface area contributed by atoms with Crippen molar-refractivity contribution in [2.75, 3.05) is 0 Å². The smallest absolute Gasteiger partial charge is 0.138 e. The van der Waals surface area contributed by atoms with Crippen molar-refractivity contribution in [3.63, 3.8) is 0 Å². The highest BCUT2D eigenvalue weighted by molar-refractivity contribution is 5.19. The van der Waals surface area contributed by atoms with Crippen molar-refractivity contribution >= 4 is 0 Å². The topological polar surface area (TPSA) is 61.0 Å². The maximum atomic E-state index is 5.56. The fourth-order valence-electron chi connectivity index (χ4n) is 1.33. The van der Waals surface area contributed by atoms with Crippen LogP contribution in [0.1, 0.15) is 11.3 Å². The summed E-state index contributed by atoms with van der Waals surface area (Å²) in [5.41, 5.74) is 7.44. The van der Waals surface area contributed by atoms with E-state index in [9.17, 15) is 0 Å². The summed E-state index contributed by atoms with van der Waals surface area (Å²) >= 11 is 0. The van der Waals surface area contributed by atoms with Gasteiger partial charge in [0.15, 0.2) is 0 Å². The van der Waals surface area contributed by atoms with Crippen molar-refractivity contribution in [1.82, 2.24) is 9.97 Å². The molecule has 0 aliphatic carbocycles. The largest absolute Gasteiger partial charge is 0.487 e. The summed E-state index contributed by atoms with van der Waals surface area (Å²) in [7, 11) is 0. The van der Waals surface area contributed by atoms with Crippen LogP contribution in [-0.4, -0.2) is 9.97 Å². The number of ether oxygens (including phenoxy) is 1. The number of hydrogen-bond acceptors (Lipinski definition) is 4. The van der Waals surface area contributed by atoms with E-state index in [1.165, 1.54) is 0 Å². The minimum Gasteiger partial charge on any atom is -0.487 e. The van der Waals surface area contributed by atoms with Crippen molar-refractivity contribution in [3.8, 4) is 5.75 Å². The predicted molar refractivity (Wildman–Crippen MR) is 60.7 cm³/mol. The first kappa shape index (κ1) is 10.6. The predicted octanol–water partition coefficient (Wildman–Crippen LogP) is 1.51. The normalized spacial score (nSPS) is 10.1. The van der Waals surface area contributed by atoms with Gasteiger partial charge in [-0.1, -0.05) is 0 Å². The molecule has 0 aromatic carbocycles. The van der Waals surface area contributed by atoms with E-state index in [0.717, 1.165) is 17.0 Å². The summed E-state index contributed by atoms with van der Waals surface area (Å²) < 4.78 is 5.56. The highest BCUT2D eigenvalue weighted by Crippen LogP contribution is 2.10. The molecule has 0 aliphatic rings. The molecule has 4 nitrogen and oxygen atoms in total. The maximum absolute atomic E-state index is 5.56. The Bertz CT molecular complexity index is 445. The molecule has 2 aromatic rings. The van der Waals surface area contributed by atoms with Gasteiger partial charge in [-0.3, -0.25) is 9.97 Å². The second-order valence-corrected chi connectivity index (χ2v) is 3.34. The van der Waals surface area contributed by atoms with Crippen LogP contribution in [0.15, 0.2) is 42.9 Å². The molecule has 0 unspecified atom stereocenters. The minimum absolute atomic E-state index is 0.445. The molecule has 0 spiro atoms. The van der Waals surface area contributed by atoms with Crippen LogP contribution in [0, 0.1) is 0 Å². The summed E-state index contributed by atoms with van der Waals surface area (Å²) in [4.78, 5) is 8.09. The van der Waals surface area contributed by atoms with Crippen LogP contribution < -0.4 is 10.5 Å². The van der Waals surface area contributed by atoms with Crippen LogP contribution in [0.5, 0.6) is 5.75 Å². The van der Waals surface area contributed by atoms with E-state index in [4.69, 9.17) is 10.5 Å². The Morgan fingerprint density at radius 1 is 1.25 bits per heavy atom. The molecular formula is C12H13N3O. The molecule has 16 heavy (non-hydrogen) atoms. The van der Waals surface area contributed by atoms with Gasteiger partial charge in [-0.05, 0) is 29.8 Å². The van der Waals surface area contributed by atoms with Gasteiger partial charge in [-0.2, -0.15) is 0 Å². The molecule has 0 radical (unpaired) electrons. The van der Waals surface area contributed by atoms with Crippen LogP contribution in [0.4, 0.5) is 0 Å². The van der Waals surface area contributed by atoms with E-state index in [-0.39, 0.29) is 0 Å². The lowest BCUT2D eigenvalue weighted by Crippen LogP contribution is -2.02. The zero-order valence-electron chi connectivity index (χ0n) is 8.84. The highest BCUT2D eigenvalue weighted by atomic mass is 16.5.